The molecule has 1 unspecified atom stereocenters. The van der Waals surface area contributed by atoms with Gasteiger partial charge in [-0.1, -0.05) is 64.3 Å². The molecule has 0 heterocycles. The Kier molecular flexibility index (Phi) is 4.16. The summed E-state index contributed by atoms with van der Waals surface area (Å²) in [6.45, 7) is 0. The molecule has 1 N–H and O–H groups in total. The summed E-state index contributed by atoms with van der Waals surface area (Å²) in [5.74, 6) is 0.669. The molecule has 0 bridgehead atoms. The maximum absolute atomic E-state index is 10.6. The zero-order valence-corrected chi connectivity index (χ0v) is 13.4. The van der Waals surface area contributed by atoms with E-state index in [0.29, 0.717) is 10.9 Å². The van der Waals surface area contributed by atoms with E-state index in [1.54, 1.807) is 0 Å². The van der Waals surface area contributed by atoms with Crippen molar-refractivity contribution in [1.29, 1.82) is 0 Å². The van der Waals surface area contributed by atoms with E-state index in [4.69, 9.17) is 11.6 Å². The molecule has 3 rings (SSSR count). The molecule has 2 aromatic carbocycles. The lowest BCUT2D eigenvalue weighted by atomic mass is 9.79. The van der Waals surface area contributed by atoms with Crippen LogP contribution < -0.4 is 0 Å². The molecular formula is C17H16BrClO. The van der Waals surface area contributed by atoms with Gasteiger partial charge in [-0.15, -0.1) is 0 Å². The second kappa shape index (κ2) is 5.88. The van der Waals surface area contributed by atoms with Crippen molar-refractivity contribution in [2.75, 3.05) is 0 Å². The highest BCUT2D eigenvalue weighted by Gasteiger charge is 2.21. The standard InChI is InChI=1S/C17H16BrClO/c18-14-7-8-15(16(19)10-14)17(20)13-6-2-5-12(9-13)11-3-1-4-11/h2,5-11,17,20H,1,3-4H2. The van der Waals surface area contributed by atoms with Crippen LogP contribution in [0, 0.1) is 0 Å². The zero-order chi connectivity index (χ0) is 14.1. The van der Waals surface area contributed by atoms with E-state index in [-0.39, 0.29) is 0 Å². The number of aliphatic hydroxyl groups excluding tert-OH is 1. The van der Waals surface area contributed by atoms with Crippen molar-refractivity contribution in [2.45, 2.75) is 31.3 Å². The number of rotatable bonds is 3. The Morgan fingerprint density at radius 2 is 1.95 bits per heavy atom. The third-order valence-electron chi connectivity index (χ3n) is 4.06. The molecule has 0 radical (unpaired) electrons. The van der Waals surface area contributed by atoms with Crippen LogP contribution in [0.15, 0.2) is 46.9 Å². The molecule has 1 fully saturated rings. The highest BCUT2D eigenvalue weighted by atomic mass is 79.9. The second-order valence-corrected chi connectivity index (χ2v) is 6.69. The van der Waals surface area contributed by atoms with Crippen LogP contribution in [0.2, 0.25) is 5.02 Å². The molecule has 104 valence electrons. The van der Waals surface area contributed by atoms with Crippen LogP contribution in [-0.2, 0) is 0 Å². The van der Waals surface area contributed by atoms with E-state index in [1.807, 2.05) is 30.3 Å². The first kappa shape index (κ1) is 14.1. The summed E-state index contributed by atoms with van der Waals surface area (Å²) >= 11 is 9.61. The van der Waals surface area contributed by atoms with E-state index in [9.17, 15) is 5.11 Å². The monoisotopic (exact) mass is 350 g/mol. The first-order valence-corrected chi connectivity index (χ1v) is 8.05. The summed E-state index contributed by atoms with van der Waals surface area (Å²) in [5.41, 5.74) is 3.00. The number of aliphatic hydroxyl groups is 1. The van der Waals surface area contributed by atoms with Gasteiger partial charge in [-0.25, -0.2) is 0 Å². The van der Waals surface area contributed by atoms with E-state index in [1.165, 1.54) is 24.8 Å². The predicted molar refractivity (Wildman–Crippen MR) is 86.2 cm³/mol. The topological polar surface area (TPSA) is 20.2 Å². The average Bonchev–Trinajstić information content (AvgIpc) is 2.36. The lowest BCUT2D eigenvalue weighted by Gasteiger charge is -2.26. The minimum atomic E-state index is -0.671. The summed E-state index contributed by atoms with van der Waals surface area (Å²) < 4.78 is 0.918. The van der Waals surface area contributed by atoms with E-state index >= 15 is 0 Å². The van der Waals surface area contributed by atoms with Gasteiger partial charge < -0.3 is 5.11 Å². The molecule has 0 saturated heterocycles. The van der Waals surface area contributed by atoms with Crippen LogP contribution in [0.5, 0.6) is 0 Å². The molecule has 0 aliphatic heterocycles. The maximum atomic E-state index is 10.6. The maximum Gasteiger partial charge on any atom is 0.105 e. The van der Waals surface area contributed by atoms with E-state index in [2.05, 4.69) is 28.1 Å². The Bertz CT molecular complexity index is 622. The van der Waals surface area contributed by atoms with Crippen molar-refractivity contribution in [1.82, 2.24) is 0 Å². The Hall–Kier alpha value is -0.830. The van der Waals surface area contributed by atoms with Crippen LogP contribution in [0.4, 0.5) is 0 Å². The van der Waals surface area contributed by atoms with Crippen LogP contribution in [0.1, 0.15) is 48.0 Å². The molecule has 3 heteroatoms. The van der Waals surface area contributed by atoms with Crippen LogP contribution in [0.3, 0.4) is 0 Å². The van der Waals surface area contributed by atoms with Crippen LogP contribution in [-0.4, -0.2) is 5.11 Å². The van der Waals surface area contributed by atoms with Gasteiger partial charge in [-0.05, 0) is 42.0 Å². The molecular weight excluding hydrogens is 336 g/mol. The van der Waals surface area contributed by atoms with Gasteiger partial charge >= 0.3 is 0 Å². The van der Waals surface area contributed by atoms with Crippen molar-refractivity contribution in [3.8, 4) is 0 Å². The largest absolute Gasteiger partial charge is 0.384 e. The molecule has 1 atom stereocenters. The minimum absolute atomic E-state index is 0.584. The molecule has 1 saturated carbocycles. The number of hydrogen-bond donors (Lipinski definition) is 1. The molecule has 0 spiro atoms. The summed E-state index contributed by atoms with van der Waals surface area (Å²) in [7, 11) is 0. The Labute approximate surface area is 132 Å². The third kappa shape index (κ3) is 2.78. The summed E-state index contributed by atoms with van der Waals surface area (Å²) in [6, 6.07) is 13.9. The average molecular weight is 352 g/mol. The smallest absolute Gasteiger partial charge is 0.105 e. The molecule has 1 nitrogen and oxygen atoms in total. The molecule has 1 aliphatic carbocycles. The quantitative estimate of drug-likeness (QED) is 0.779. The zero-order valence-electron chi connectivity index (χ0n) is 11.0. The number of hydrogen-bond acceptors (Lipinski definition) is 1. The SMILES string of the molecule is OC(c1cccc(C2CCC2)c1)c1ccc(Br)cc1Cl. The highest BCUT2D eigenvalue weighted by molar-refractivity contribution is 9.10. The molecule has 0 aromatic heterocycles. The van der Waals surface area contributed by atoms with Crippen LogP contribution >= 0.6 is 27.5 Å². The third-order valence-corrected chi connectivity index (χ3v) is 4.88. The Morgan fingerprint density at radius 1 is 1.15 bits per heavy atom. The summed E-state index contributed by atoms with van der Waals surface area (Å²) in [5, 5.41) is 11.1. The van der Waals surface area contributed by atoms with Crippen molar-refractivity contribution >= 4 is 27.5 Å². The second-order valence-electron chi connectivity index (χ2n) is 5.37. The van der Waals surface area contributed by atoms with Gasteiger partial charge in [0, 0.05) is 15.1 Å². The van der Waals surface area contributed by atoms with Gasteiger partial charge in [0.2, 0.25) is 0 Å². The Balaban J connectivity index is 1.91. The fourth-order valence-electron chi connectivity index (χ4n) is 2.63. The molecule has 0 amide bonds. The number of halogens is 2. The van der Waals surface area contributed by atoms with Gasteiger partial charge in [0.1, 0.15) is 6.10 Å². The normalized spacial score (nSPS) is 16.8. The van der Waals surface area contributed by atoms with Gasteiger partial charge in [-0.2, -0.15) is 0 Å². The molecule has 1 aliphatic rings. The molecule has 2 aromatic rings. The highest BCUT2D eigenvalue weighted by Crippen LogP contribution is 2.38. The van der Waals surface area contributed by atoms with Crippen molar-refractivity contribution in [3.63, 3.8) is 0 Å². The fourth-order valence-corrected chi connectivity index (χ4v) is 3.40. The van der Waals surface area contributed by atoms with Gasteiger partial charge in [-0.3, -0.25) is 0 Å². The van der Waals surface area contributed by atoms with Gasteiger partial charge in [0.15, 0.2) is 0 Å². The van der Waals surface area contributed by atoms with Crippen LogP contribution in [0.25, 0.3) is 0 Å². The minimum Gasteiger partial charge on any atom is -0.384 e. The van der Waals surface area contributed by atoms with E-state index in [0.717, 1.165) is 15.6 Å². The first-order valence-electron chi connectivity index (χ1n) is 6.88. The lowest BCUT2D eigenvalue weighted by Crippen LogP contribution is -2.09. The van der Waals surface area contributed by atoms with Crippen molar-refractivity contribution in [3.05, 3.63) is 68.7 Å². The lowest BCUT2D eigenvalue weighted by molar-refractivity contribution is 0.220. The van der Waals surface area contributed by atoms with Gasteiger partial charge in [0.25, 0.3) is 0 Å². The van der Waals surface area contributed by atoms with E-state index < -0.39 is 6.10 Å². The summed E-state index contributed by atoms with van der Waals surface area (Å²) in [4.78, 5) is 0. The number of benzene rings is 2. The fraction of sp³-hybridized carbons (Fsp3) is 0.294. The van der Waals surface area contributed by atoms with Crippen molar-refractivity contribution in [2.24, 2.45) is 0 Å². The summed E-state index contributed by atoms with van der Waals surface area (Å²) in [6.07, 6.45) is 3.17. The predicted octanol–water partition coefficient (Wildman–Crippen LogP) is 5.45. The first-order chi connectivity index (χ1) is 9.65. The molecule has 20 heavy (non-hydrogen) atoms. The Morgan fingerprint density at radius 3 is 2.60 bits per heavy atom. The van der Waals surface area contributed by atoms with Gasteiger partial charge in [0.05, 0.1) is 0 Å². The van der Waals surface area contributed by atoms with Crippen molar-refractivity contribution < 1.29 is 5.11 Å².